The van der Waals surface area contributed by atoms with Crippen LogP contribution in [0, 0.1) is 5.41 Å². The van der Waals surface area contributed by atoms with Gasteiger partial charge in [-0.05, 0) is 38.1 Å². The Morgan fingerprint density at radius 1 is 1.27 bits per heavy atom. The molecule has 1 aromatic heterocycles. The van der Waals surface area contributed by atoms with Crippen molar-refractivity contribution < 1.29 is 46.3 Å². The quantitative estimate of drug-likeness (QED) is 0.0419. The number of hydroxylamine groups is 2. The number of amides is 2. The molecule has 0 radical (unpaired) electrons. The van der Waals surface area contributed by atoms with E-state index < -0.39 is 46.3 Å². The highest BCUT2D eigenvalue weighted by Gasteiger charge is 2.58. The maximum Gasteiger partial charge on any atom is 0.418 e. The molecule has 7 N–H and O–H groups in total. The lowest BCUT2D eigenvalue weighted by Crippen LogP contribution is -2.76. The number of ether oxygens (including phenoxy) is 1. The highest BCUT2D eigenvalue weighted by Crippen LogP contribution is 2.32. The molecule has 17 nitrogen and oxygen atoms in total. The van der Waals surface area contributed by atoms with E-state index in [9.17, 15) is 22.8 Å². The second kappa shape index (κ2) is 12.2. The van der Waals surface area contributed by atoms with Gasteiger partial charge in [0.25, 0.3) is 11.8 Å². The highest BCUT2D eigenvalue weighted by atomic mass is 32.3. The van der Waals surface area contributed by atoms with Crippen LogP contribution in [0.3, 0.4) is 0 Å². The Labute approximate surface area is 231 Å². The van der Waals surface area contributed by atoms with E-state index in [-0.39, 0.29) is 35.6 Å². The van der Waals surface area contributed by atoms with Gasteiger partial charge in [0.1, 0.15) is 36.5 Å². The Balaban J connectivity index is 1.59. The van der Waals surface area contributed by atoms with Crippen molar-refractivity contribution in [3.8, 4) is 5.75 Å². The average Bonchev–Trinajstić information content (AvgIpc) is 3.31. The Hall–Kier alpha value is -4.33. The Bertz CT molecular complexity index is 1420. The monoisotopic (exact) mass is 599 g/mol. The van der Waals surface area contributed by atoms with Gasteiger partial charge in [0.2, 0.25) is 0 Å². The van der Waals surface area contributed by atoms with Crippen LogP contribution in [-0.2, 0) is 33.9 Å². The van der Waals surface area contributed by atoms with Crippen molar-refractivity contribution in [3.05, 3.63) is 40.9 Å². The van der Waals surface area contributed by atoms with Crippen molar-refractivity contribution in [2.24, 2.45) is 5.16 Å². The molecule has 2 amide bonds. The lowest BCUT2D eigenvalue weighted by Gasteiger charge is -2.50. The second-order valence-electron chi connectivity index (χ2n) is 8.53. The molecule has 3 rings (SSSR count). The molecule has 0 bridgehead atoms. The van der Waals surface area contributed by atoms with Crippen LogP contribution < -0.4 is 21.1 Å². The van der Waals surface area contributed by atoms with Crippen LogP contribution in [0.25, 0.3) is 0 Å². The minimum absolute atomic E-state index is 0.00172. The smallest absolute Gasteiger partial charge is 0.418 e. The first-order valence-corrected chi connectivity index (χ1v) is 13.4. The van der Waals surface area contributed by atoms with Gasteiger partial charge in [-0.1, -0.05) is 5.16 Å². The summed E-state index contributed by atoms with van der Waals surface area (Å²) in [6.45, 7) is 2.30. The average molecular weight is 600 g/mol. The molecule has 0 spiro atoms. The van der Waals surface area contributed by atoms with E-state index in [2.05, 4.69) is 25.1 Å². The summed E-state index contributed by atoms with van der Waals surface area (Å²) < 4.78 is 40.7. The minimum Gasteiger partial charge on any atom is -0.490 e. The van der Waals surface area contributed by atoms with Crippen LogP contribution >= 0.6 is 11.3 Å². The number of benzene rings is 1. The first-order chi connectivity index (χ1) is 18.7. The largest absolute Gasteiger partial charge is 0.490 e. The fourth-order valence-corrected chi connectivity index (χ4v) is 4.31. The van der Waals surface area contributed by atoms with Gasteiger partial charge in [0, 0.05) is 10.9 Å². The van der Waals surface area contributed by atoms with E-state index >= 15 is 0 Å². The zero-order valence-corrected chi connectivity index (χ0v) is 22.6. The van der Waals surface area contributed by atoms with Gasteiger partial charge < -0.3 is 31.0 Å². The number of rotatable bonds is 13. The van der Waals surface area contributed by atoms with Gasteiger partial charge in [-0.2, -0.15) is 13.5 Å². The van der Waals surface area contributed by atoms with E-state index in [1.54, 1.807) is 24.3 Å². The summed E-state index contributed by atoms with van der Waals surface area (Å²) >= 11 is 1.03. The van der Waals surface area contributed by atoms with Gasteiger partial charge in [-0.25, -0.2) is 4.98 Å². The van der Waals surface area contributed by atoms with Crippen LogP contribution in [0.5, 0.6) is 5.75 Å². The normalized spacial score (nSPS) is 16.6. The lowest BCUT2D eigenvalue weighted by atomic mass is 9.84. The molecule has 19 heteroatoms. The van der Waals surface area contributed by atoms with Crippen molar-refractivity contribution in [3.63, 3.8) is 0 Å². The van der Waals surface area contributed by atoms with Crippen LogP contribution in [0.4, 0.5) is 5.13 Å². The maximum absolute atomic E-state index is 13.0. The topological polar surface area (TPSA) is 256 Å². The van der Waals surface area contributed by atoms with Crippen LogP contribution in [0.2, 0.25) is 0 Å². The van der Waals surface area contributed by atoms with Crippen LogP contribution in [0.15, 0.2) is 34.8 Å². The summed E-state index contributed by atoms with van der Waals surface area (Å²) in [6.07, 6.45) is 0. The third kappa shape index (κ3) is 7.62. The van der Waals surface area contributed by atoms with E-state index in [4.69, 9.17) is 30.4 Å². The number of anilines is 1. The zero-order chi connectivity index (χ0) is 29.7. The number of nitrogen functional groups attached to an aromatic ring is 1. The fraction of sp³-hybridized carbons (Fsp3) is 0.333. The standard InChI is InChI=1S/C21H25N7O10S2/c1-21(2)16(19(32)28(21)38-40(33,34)35)26-18(31)15(13-10-39-20(23)25-13)27-37-8-7-36-12-5-3-11(4-6-12)17(22)24-9-14(29)30/h3-6,10,16H,7-9H2,1-2H3,(H2,22,24)(H2,23,25)(H,26,31)(H,29,30)(H,33,34,35)/b27-15-/t16-/m1/s1. The van der Waals surface area contributed by atoms with E-state index in [0.29, 0.717) is 16.4 Å². The van der Waals surface area contributed by atoms with Crippen molar-refractivity contribution in [2.45, 2.75) is 25.4 Å². The molecule has 2 aromatic rings. The fourth-order valence-electron chi connectivity index (χ4n) is 3.31. The molecule has 0 aliphatic carbocycles. The summed E-state index contributed by atoms with van der Waals surface area (Å²) in [5.74, 6) is -2.54. The third-order valence-corrected chi connectivity index (χ3v) is 6.27. The Kier molecular flexibility index (Phi) is 9.24. The van der Waals surface area contributed by atoms with Crippen molar-refractivity contribution in [1.82, 2.24) is 20.7 Å². The summed E-state index contributed by atoms with van der Waals surface area (Å²) in [5.41, 5.74) is 4.51. The molecule has 0 saturated carbocycles. The number of carboxylic acid groups (broad SMARTS) is 1. The van der Waals surface area contributed by atoms with Gasteiger partial charge in [0.15, 0.2) is 17.5 Å². The van der Waals surface area contributed by atoms with E-state index in [1.165, 1.54) is 19.2 Å². The van der Waals surface area contributed by atoms with Gasteiger partial charge in [-0.3, -0.25) is 24.3 Å². The predicted molar refractivity (Wildman–Crippen MR) is 139 cm³/mol. The number of aromatic nitrogens is 1. The molecular formula is C21H25N7O10S2. The number of carboxylic acids is 1. The molecule has 1 atom stereocenters. The van der Waals surface area contributed by atoms with Gasteiger partial charge >= 0.3 is 16.4 Å². The molecule has 1 aliphatic rings. The molecule has 1 fully saturated rings. The number of oxime groups is 1. The molecule has 216 valence electrons. The van der Waals surface area contributed by atoms with E-state index in [1.807, 2.05) is 0 Å². The van der Waals surface area contributed by atoms with E-state index in [0.717, 1.165) is 11.3 Å². The second-order valence-corrected chi connectivity index (χ2v) is 10.4. The van der Waals surface area contributed by atoms with Crippen LogP contribution in [-0.4, -0.2) is 88.8 Å². The number of hydrogen-bond donors (Lipinski definition) is 6. The molecule has 1 aliphatic heterocycles. The maximum atomic E-state index is 13.0. The number of thiazole rings is 1. The number of nitrogens with zero attached hydrogens (tertiary/aromatic N) is 3. The Morgan fingerprint density at radius 2 is 1.95 bits per heavy atom. The summed E-state index contributed by atoms with van der Waals surface area (Å²) in [6, 6.07) is 5.03. The number of β-lactam (4-membered cyclic amide) rings is 1. The third-order valence-electron chi connectivity index (χ3n) is 5.26. The van der Waals surface area contributed by atoms with Crippen LogP contribution in [0.1, 0.15) is 25.1 Å². The number of carbonyl (C=O) groups is 3. The molecule has 1 saturated heterocycles. The molecule has 40 heavy (non-hydrogen) atoms. The number of nitrogens with one attached hydrogen (secondary N) is 3. The number of amidine groups is 1. The number of aliphatic carboxylic acids is 1. The van der Waals surface area contributed by atoms with Crippen molar-refractivity contribution >= 4 is 56.2 Å². The first-order valence-electron chi connectivity index (χ1n) is 11.2. The summed E-state index contributed by atoms with van der Waals surface area (Å²) in [4.78, 5) is 45.1. The minimum atomic E-state index is -4.96. The first kappa shape index (κ1) is 30.2. The number of nitrogens with two attached hydrogens (primary N) is 1. The van der Waals surface area contributed by atoms with Gasteiger partial charge in [0.05, 0.1) is 5.54 Å². The van der Waals surface area contributed by atoms with Crippen molar-refractivity contribution in [2.75, 3.05) is 25.5 Å². The summed E-state index contributed by atoms with van der Waals surface area (Å²) in [7, 11) is -4.96. The number of carbonyl (C=O) groups excluding carboxylic acids is 2. The predicted octanol–water partition coefficient (Wildman–Crippen LogP) is -0.635. The molecular weight excluding hydrogens is 574 g/mol. The molecule has 2 heterocycles. The van der Waals surface area contributed by atoms with Crippen molar-refractivity contribution in [1.29, 1.82) is 5.41 Å². The Morgan fingerprint density at radius 3 is 2.50 bits per heavy atom. The van der Waals surface area contributed by atoms with Gasteiger partial charge in [-0.15, -0.1) is 15.6 Å². The SMILES string of the molecule is CC1(C)[C@H](NC(=O)/C(=N\OCCOc2ccc(C(=N)NCC(=O)O)cc2)c2csc(N)n2)C(=O)N1OS(=O)(=O)O. The number of hydrogen-bond acceptors (Lipinski definition) is 13. The molecule has 1 aromatic carbocycles. The lowest BCUT2D eigenvalue weighted by molar-refractivity contribution is -0.218. The zero-order valence-electron chi connectivity index (χ0n) is 21.0. The highest BCUT2D eigenvalue weighted by molar-refractivity contribution is 7.80. The molecule has 0 unspecified atom stereocenters. The summed E-state index contributed by atoms with van der Waals surface area (Å²) in [5, 5.41) is 27.2.